The molecule has 0 aromatic carbocycles. The average molecular weight is 179 g/mol. The smallest absolute Gasteiger partial charge is 0.250 e. The van der Waals surface area contributed by atoms with Crippen LogP contribution in [-0.2, 0) is 4.79 Å². The van der Waals surface area contributed by atoms with Crippen LogP contribution in [0.3, 0.4) is 0 Å². The number of carbonyl (C=O) groups excluding carboxylic acids is 2. The Balaban J connectivity index is 3.04. The first kappa shape index (κ1) is 9.18. The molecule has 68 valence electrons. The highest BCUT2D eigenvalue weighted by molar-refractivity contribution is 6.02. The van der Waals surface area contributed by atoms with Crippen molar-refractivity contribution in [3.8, 4) is 0 Å². The number of amides is 2. The van der Waals surface area contributed by atoms with Gasteiger partial charge in [0.1, 0.15) is 0 Å². The molecule has 13 heavy (non-hydrogen) atoms. The van der Waals surface area contributed by atoms with Crippen LogP contribution < -0.4 is 11.1 Å². The highest BCUT2D eigenvalue weighted by Crippen LogP contribution is 2.11. The van der Waals surface area contributed by atoms with E-state index in [1.54, 1.807) is 0 Å². The summed E-state index contributed by atoms with van der Waals surface area (Å²) in [5.74, 6) is -0.860. The normalized spacial score (nSPS) is 9.31. The maximum absolute atomic E-state index is 10.8. The van der Waals surface area contributed by atoms with Gasteiger partial charge in [0.15, 0.2) is 0 Å². The van der Waals surface area contributed by atoms with E-state index >= 15 is 0 Å². The summed E-state index contributed by atoms with van der Waals surface area (Å²) in [6, 6.07) is 1.45. The molecule has 1 heterocycles. The lowest BCUT2D eigenvalue weighted by Crippen LogP contribution is -2.16. The number of primary amides is 1. The van der Waals surface area contributed by atoms with Crippen LogP contribution in [0.5, 0.6) is 0 Å². The van der Waals surface area contributed by atoms with Gasteiger partial charge in [-0.05, 0) is 6.07 Å². The number of pyridine rings is 1. The minimum atomic E-state index is -0.592. The summed E-state index contributed by atoms with van der Waals surface area (Å²) in [6.45, 7) is 1.35. The molecule has 0 aliphatic heterocycles. The second kappa shape index (κ2) is 3.66. The van der Waals surface area contributed by atoms with Crippen LogP contribution in [0.4, 0.5) is 5.69 Å². The topological polar surface area (TPSA) is 85.1 Å². The van der Waals surface area contributed by atoms with Gasteiger partial charge in [-0.15, -0.1) is 0 Å². The molecular weight excluding hydrogens is 170 g/mol. The number of nitrogens with one attached hydrogen (secondary N) is 1. The molecule has 5 heteroatoms. The number of aromatic nitrogens is 1. The van der Waals surface area contributed by atoms with Crippen molar-refractivity contribution >= 4 is 17.5 Å². The second-order valence-electron chi connectivity index (χ2n) is 2.47. The summed E-state index contributed by atoms with van der Waals surface area (Å²) in [5.41, 5.74) is 5.66. The molecule has 2 amide bonds. The van der Waals surface area contributed by atoms with Gasteiger partial charge in [-0.1, -0.05) is 0 Å². The van der Waals surface area contributed by atoms with Crippen LogP contribution in [0.25, 0.3) is 0 Å². The molecular formula is C8H9N3O2. The van der Waals surface area contributed by atoms with Crippen LogP contribution in [-0.4, -0.2) is 16.8 Å². The Morgan fingerprint density at radius 3 is 2.77 bits per heavy atom. The molecule has 0 saturated heterocycles. The fourth-order valence-corrected chi connectivity index (χ4v) is 0.899. The molecule has 0 saturated carbocycles. The molecule has 0 bridgehead atoms. The number of rotatable bonds is 2. The van der Waals surface area contributed by atoms with E-state index in [4.69, 9.17) is 5.73 Å². The Labute approximate surface area is 75.0 Å². The first-order chi connectivity index (χ1) is 6.11. The number of nitrogens with two attached hydrogens (primary N) is 1. The van der Waals surface area contributed by atoms with Crippen LogP contribution >= 0.6 is 0 Å². The standard InChI is InChI=1S/C8H9N3O2/c1-5(12)11-7-4-10-3-2-6(7)8(9)13/h2-4H,1H3,(H2,9,13)(H,11,12). The lowest BCUT2D eigenvalue weighted by atomic mass is 10.2. The average Bonchev–Trinajstić information content (AvgIpc) is 2.03. The molecule has 0 radical (unpaired) electrons. The van der Waals surface area contributed by atoms with E-state index in [9.17, 15) is 9.59 Å². The summed E-state index contributed by atoms with van der Waals surface area (Å²) >= 11 is 0. The highest BCUT2D eigenvalue weighted by Gasteiger charge is 2.07. The minimum Gasteiger partial charge on any atom is -0.366 e. The summed E-state index contributed by atoms with van der Waals surface area (Å²) in [7, 11) is 0. The zero-order valence-corrected chi connectivity index (χ0v) is 7.07. The zero-order chi connectivity index (χ0) is 9.84. The van der Waals surface area contributed by atoms with Gasteiger partial charge in [0.05, 0.1) is 17.4 Å². The minimum absolute atomic E-state index is 0.255. The third-order valence-electron chi connectivity index (χ3n) is 1.40. The Hall–Kier alpha value is -1.91. The quantitative estimate of drug-likeness (QED) is 0.677. The summed E-state index contributed by atoms with van der Waals surface area (Å²) in [4.78, 5) is 25.3. The fraction of sp³-hybridized carbons (Fsp3) is 0.125. The van der Waals surface area contributed by atoms with Gasteiger partial charge in [-0.25, -0.2) is 0 Å². The third-order valence-corrected chi connectivity index (χ3v) is 1.40. The number of hydrogen-bond acceptors (Lipinski definition) is 3. The SMILES string of the molecule is CC(=O)Nc1cnccc1C(N)=O. The molecule has 1 aromatic heterocycles. The van der Waals surface area contributed by atoms with Crippen LogP contribution in [0, 0.1) is 0 Å². The van der Waals surface area contributed by atoms with Crippen molar-refractivity contribution in [3.63, 3.8) is 0 Å². The van der Waals surface area contributed by atoms with Crippen molar-refractivity contribution in [1.82, 2.24) is 4.98 Å². The molecule has 1 aromatic rings. The third kappa shape index (κ3) is 2.26. The lowest BCUT2D eigenvalue weighted by molar-refractivity contribution is -0.114. The molecule has 5 nitrogen and oxygen atoms in total. The maximum atomic E-state index is 10.8. The van der Waals surface area contributed by atoms with Crippen LogP contribution in [0.2, 0.25) is 0 Å². The molecule has 0 aliphatic rings. The number of anilines is 1. The number of nitrogens with zero attached hydrogens (tertiary/aromatic N) is 1. The van der Waals surface area contributed by atoms with Gasteiger partial charge in [-0.2, -0.15) is 0 Å². The molecule has 0 fully saturated rings. The Morgan fingerprint density at radius 2 is 2.23 bits per heavy atom. The van der Waals surface area contributed by atoms with E-state index < -0.39 is 5.91 Å². The van der Waals surface area contributed by atoms with E-state index in [0.29, 0.717) is 5.69 Å². The van der Waals surface area contributed by atoms with Crippen molar-refractivity contribution < 1.29 is 9.59 Å². The number of carbonyl (C=O) groups is 2. The van der Waals surface area contributed by atoms with Crippen molar-refractivity contribution in [3.05, 3.63) is 24.0 Å². The molecule has 3 N–H and O–H groups in total. The Morgan fingerprint density at radius 1 is 1.54 bits per heavy atom. The van der Waals surface area contributed by atoms with E-state index in [1.165, 1.54) is 25.4 Å². The monoisotopic (exact) mass is 179 g/mol. The maximum Gasteiger partial charge on any atom is 0.250 e. The van der Waals surface area contributed by atoms with E-state index in [0.717, 1.165) is 0 Å². The molecule has 0 spiro atoms. The summed E-state index contributed by atoms with van der Waals surface area (Å²) < 4.78 is 0. The summed E-state index contributed by atoms with van der Waals surface area (Å²) in [6.07, 6.45) is 2.81. The predicted molar refractivity (Wildman–Crippen MR) is 47.1 cm³/mol. The van der Waals surface area contributed by atoms with Crippen molar-refractivity contribution in [2.75, 3.05) is 5.32 Å². The Kier molecular flexibility index (Phi) is 2.59. The number of hydrogen-bond donors (Lipinski definition) is 2. The molecule has 0 unspecified atom stereocenters. The second-order valence-corrected chi connectivity index (χ2v) is 2.47. The van der Waals surface area contributed by atoms with Gasteiger partial charge < -0.3 is 11.1 Å². The summed E-state index contributed by atoms with van der Waals surface area (Å²) in [5, 5.41) is 2.45. The van der Waals surface area contributed by atoms with Gasteiger partial charge in [-0.3, -0.25) is 14.6 Å². The van der Waals surface area contributed by atoms with Gasteiger partial charge >= 0.3 is 0 Å². The first-order valence-electron chi connectivity index (χ1n) is 3.62. The predicted octanol–water partition coefficient (Wildman–Crippen LogP) is 0.139. The van der Waals surface area contributed by atoms with Gasteiger partial charge in [0.2, 0.25) is 5.91 Å². The highest BCUT2D eigenvalue weighted by atomic mass is 16.2. The largest absolute Gasteiger partial charge is 0.366 e. The van der Waals surface area contributed by atoms with Gasteiger partial charge in [0.25, 0.3) is 5.91 Å². The lowest BCUT2D eigenvalue weighted by Gasteiger charge is -2.04. The van der Waals surface area contributed by atoms with Crippen molar-refractivity contribution in [2.45, 2.75) is 6.92 Å². The van der Waals surface area contributed by atoms with Crippen LogP contribution in [0.1, 0.15) is 17.3 Å². The van der Waals surface area contributed by atoms with E-state index in [1.807, 2.05) is 0 Å². The fourth-order valence-electron chi connectivity index (χ4n) is 0.899. The van der Waals surface area contributed by atoms with Gasteiger partial charge in [0, 0.05) is 13.1 Å². The van der Waals surface area contributed by atoms with Crippen molar-refractivity contribution in [1.29, 1.82) is 0 Å². The van der Waals surface area contributed by atoms with E-state index in [-0.39, 0.29) is 11.5 Å². The first-order valence-corrected chi connectivity index (χ1v) is 3.62. The Bertz CT molecular complexity index is 349. The van der Waals surface area contributed by atoms with Crippen LogP contribution in [0.15, 0.2) is 18.5 Å². The molecule has 0 atom stereocenters. The van der Waals surface area contributed by atoms with E-state index in [2.05, 4.69) is 10.3 Å². The zero-order valence-electron chi connectivity index (χ0n) is 7.07. The van der Waals surface area contributed by atoms with Crippen molar-refractivity contribution in [2.24, 2.45) is 5.73 Å². The molecule has 0 aliphatic carbocycles. The molecule has 1 rings (SSSR count).